The molecule has 0 spiro atoms. The highest BCUT2D eigenvalue weighted by Gasteiger charge is 2.14. The molecule has 0 bridgehead atoms. The number of aldehydes is 1. The van der Waals surface area contributed by atoms with E-state index in [2.05, 4.69) is 10.3 Å². The highest BCUT2D eigenvalue weighted by Crippen LogP contribution is 1.97. The molecule has 0 aliphatic rings. The zero-order valence-electron chi connectivity index (χ0n) is 12.7. The molecular formula is C15H24N4O3. The molecule has 0 aromatic heterocycles. The summed E-state index contributed by atoms with van der Waals surface area (Å²) in [6, 6.07) is 8.59. The van der Waals surface area contributed by atoms with Gasteiger partial charge in [-0.05, 0) is 19.4 Å². The first kappa shape index (κ1) is 19.6. The van der Waals surface area contributed by atoms with E-state index in [4.69, 9.17) is 16.6 Å². The van der Waals surface area contributed by atoms with E-state index in [1.54, 1.807) is 12.1 Å². The van der Waals surface area contributed by atoms with Crippen LogP contribution in [-0.2, 0) is 4.79 Å². The zero-order chi connectivity index (χ0) is 16.8. The third-order valence-corrected chi connectivity index (χ3v) is 2.63. The van der Waals surface area contributed by atoms with E-state index in [0.717, 1.165) is 11.8 Å². The van der Waals surface area contributed by atoms with Crippen molar-refractivity contribution in [3.63, 3.8) is 0 Å². The van der Waals surface area contributed by atoms with Crippen LogP contribution in [0, 0.1) is 0 Å². The standard InChI is InChI=1S/C8H18N4O2.C7H6O/c1-2-11-6(7(13)14)4-3-5-12-8(9)10;8-6-7-4-2-1-3-5-7/h6,11H,2-5H2,1H3,(H,13,14)(H4,9,10,12);1-6H/t6-;/m0./s1. The van der Waals surface area contributed by atoms with Crippen molar-refractivity contribution < 1.29 is 14.7 Å². The van der Waals surface area contributed by atoms with E-state index in [1.807, 2.05) is 25.1 Å². The van der Waals surface area contributed by atoms with Gasteiger partial charge in [0.15, 0.2) is 5.96 Å². The first-order valence-corrected chi connectivity index (χ1v) is 7.03. The molecule has 22 heavy (non-hydrogen) atoms. The number of nitrogens with one attached hydrogen (secondary N) is 1. The number of carbonyl (C=O) groups excluding carboxylic acids is 1. The average molecular weight is 308 g/mol. The van der Waals surface area contributed by atoms with Gasteiger partial charge in [0, 0.05) is 12.1 Å². The van der Waals surface area contributed by atoms with E-state index < -0.39 is 12.0 Å². The number of rotatable bonds is 8. The Bertz CT molecular complexity index is 459. The van der Waals surface area contributed by atoms with Gasteiger partial charge < -0.3 is 21.9 Å². The number of carboxylic acids is 1. The van der Waals surface area contributed by atoms with Crippen molar-refractivity contribution in [2.24, 2.45) is 16.5 Å². The summed E-state index contributed by atoms with van der Waals surface area (Å²) in [7, 11) is 0. The van der Waals surface area contributed by atoms with E-state index >= 15 is 0 Å². The second-order valence-electron chi connectivity index (χ2n) is 4.43. The lowest BCUT2D eigenvalue weighted by Gasteiger charge is -2.11. The molecule has 7 heteroatoms. The van der Waals surface area contributed by atoms with Crippen LogP contribution in [-0.4, -0.2) is 42.5 Å². The lowest BCUT2D eigenvalue weighted by Crippen LogP contribution is -2.36. The number of nitrogens with zero attached hydrogens (tertiary/aromatic N) is 1. The molecule has 1 rings (SSSR count). The van der Waals surface area contributed by atoms with Crippen molar-refractivity contribution >= 4 is 18.2 Å². The molecule has 122 valence electrons. The Labute approximate surface area is 130 Å². The SMILES string of the molecule is CCN[C@@H](CCCN=C(N)N)C(=O)O.O=Cc1ccccc1. The molecule has 0 aliphatic carbocycles. The summed E-state index contributed by atoms with van der Waals surface area (Å²) in [4.78, 5) is 24.4. The highest BCUT2D eigenvalue weighted by atomic mass is 16.4. The van der Waals surface area contributed by atoms with Crippen LogP contribution in [0.4, 0.5) is 0 Å². The van der Waals surface area contributed by atoms with Crippen LogP contribution in [0.2, 0.25) is 0 Å². The molecule has 1 atom stereocenters. The zero-order valence-corrected chi connectivity index (χ0v) is 12.7. The number of aliphatic imine (C=N–C) groups is 1. The fourth-order valence-electron chi connectivity index (χ4n) is 1.59. The maximum Gasteiger partial charge on any atom is 0.320 e. The van der Waals surface area contributed by atoms with Crippen molar-refractivity contribution in [3.8, 4) is 0 Å². The number of hydrogen-bond donors (Lipinski definition) is 4. The smallest absolute Gasteiger partial charge is 0.320 e. The Balaban J connectivity index is 0.000000461. The second kappa shape index (κ2) is 12.3. The molecule has 1 aromatic carbocycles. The van der Waals surface area contributed by atoms with Gasteiger partial charge in [0.25, 0.3) is 0 Å². The second-order valence-corrected chi connectivity index (χ2v) is 4.43. The number of nitrogens with two attached hydrogens (primary N) is 2. The fraction of sp³-hybridized carbons (Fsp3) is 0.400. The summed E-state index contributed by atoms with van der Waals surface area (Å²) < 4.78 is 0. The minimum absolute atomic E-state index is 0.0420. The summed E-state index contributed by atoms with van der Waals surface area (Å²) in [5.41, 5.74) is 11.0. The van der Waals surface area contributed by atoms with Gasteiger partial charge in [-0.2, -0.15) is 0 Å². The summed E-state index contributed by atoms with van der Waals surface area (Å²) >= 11 is 0. The van der Waals surface area contributed by atoms with Crippen molar-refractivity contribution in [1.82, 2.24) is 5.32 Å². The molecule has 7 nitrogen and oxygen atoms in total. The summed E-state index contributed by atoms with van der Waals surface area (Å²) in [5.74, 6) is -0.795. The lowest BCUT2D eigenvalue weighted by molar-refractivity contribution is -0.139. The van der Waals surface area contributed by atoms with Gasteiger partial charge in [-0.25, -0.2) is 0 Å². The summed E-state index contributed by atoms with van der Waals surface area (Å²) in [6.07, 6.45) is 2.02. The quantitative estimate of drug-likeness (QED) is 0.241. The van der Waals surface area contributed by atoms with Crippen LogP contribution in [0.5, 0.6) is 0 Å². The first-order valence-electron chi connectivity index (χ1n) is 7.03. The highest BCUT2D eigenvalue weighted by molar-refractivity contribution is 5.75. The van der Waals surface area contributed by atoms with E-state index in [9.17, 15) is 9.59 Å². The van der Waals surface area contributed by atoms with Gasteiger partial charge >= 0.3 is 5.97 Å². The third kappa shape index (κ3) is 10.4. The molecule has 0 amide bonds. The average Bonchev–Trinajstić information content (AvgIpc) is 2.51. The van der Waals surface area contributed by atoms with Gasteiger partial charge in [0.2, 0.25) is 0 Å². The van der Waals surface area contributed by atoms with Crippen LogP contribution in [0.15, 0.2) is 35.3 Å². The number of hydrogen-bond acceptors (Lipinski definition) is 4. The van der Waals surface area contributed by atoms with Gasteiger partial charge in [-0.1, -0.05) is 37.3 Å². The van der Waals surface area contributed by atoms with E-state index in [-0.39, 0.29) is 5.96 Å². The fourth-order valence-corrected chi connectivity index (χ4v) is 1.59. The molecule has 0 heterocycles. The first-order chi connectivity index (χ1) is 10.5. The molecule has 0 aliphatic heterocycles. The van der Waals surface area contributed by atoms with Crippen LogP contribution < -0.4 is 16.8 Å². The maximum atomic E-state index is 10.7. The van der Waals surface area contributed by atoms with E-state index in [0.29, 0.717) is 25.9 Å². The summed E-state index contributed by atoms with van der Waals surface area (Å²) in [5, 5.41) is 11.6. The monoisotopic (exact) mass is 308 g/mol. The molecule has 0 saturated carbocycles. The maximum absolute atomic E-state index is 10.7. The minimum Gasteiger partial charge on any atom is -0.480 e. The number of carboxylic acid groups (broad SMARTS) is 1. The van der Waals surface area contributed by atoms with Crippen molar-refractivity contribution in [1.29, 1.82) is 0 Å². The van der Waals surface area contributed by atoms with Gasteiger partial charge in [-0.15, -0.1) is 0 Å². The van der Waals surface area contributed by atoms with Gasteiger partial charge in [0.05, 0.1) is 0 Å². The minimum atomic E-state index is -0.837. The predicted octanol–water partition coefficient (Wildman–Crippen LogP) is 0.602. The van der Waals surface area contributed by atoms with Crippen molar-refractivity contribution in [2.45, 2.75) is 25.8 Å². The molecule has 0 radical (unpaired) electrons. The molecule has 1 aromatic rings. The molecule has 0 saturated heterocycles. The number of likely N-dealkylation sites (N-methyl/N-ethyl adjacent to an activating group) is 1. The Morgan fingerprint density at radius 1 is 1.36 bits per heavy atom. The molecular weight excluding hydrogens is 284 g/mol. The molecule has 0 unspecified atom stereocenters. The van der Waals surface area contributed by atoms with Gasteiger partial charge in [-0.3, -0.25) is 14.6 Å². The van der Waals surface area contributed by atoms with Crippen molar-refractivity contribution in [3.05, 3.63) is 35.9 Å². The number of benzene rings is 1. The Hall–Kier alpha value is -2.41. The Morgan fingerprint density at radius 2 is 2.00 bits per heavy atom. The largest absolute Gasteiger partial charge is 0.480 e. The normalized spacial score (nSPS) is 10.8. The van der Waals surface area contributed by atoms with E-state index in [1.165, 1.54) is 0 Å². The van der Waals surface area contributed by atoms with Crippen LogP contribution in [0.1, 0.15) is 30.1 Å². The molecule has 0 fully saturated rings. The number of guanidine groups is 1. The Morgan fingerprint density at radius 3 is 2.41 bits per heavy atom. The third-order valence-electron chi connectivity index (χ3n) is 2.63. The van der Waals surface area contributed by atoms with Gasteiger partial charge in [0.1, 0.15) is 12.3 Å². The predicted molar refractivity (Wildman–Crippen MR) is 86.8 cm³/mol. The van der Waals surface area contributed by atoms with Crippen molar-refractivity contribution in [2.75, 3.05) is 13.1 Å². The number of carbonyl (C=O) groups is 2. The topological polar surface area (TPSA) is 131 Å². The van der Waals surface area contributed by atoms with Crippen LogP contribution in [0.3, 0.4) is 0 Å². The van der Waals surface area contributed by atoms with Crippen LogP contribution in [0.25, 0.3) is 0 Å². The molecule has 6 N–H and O–H groups in total. The Kier molecular flexibility index (Phi) is 11.0. The van der Waals surface area contributed by atoms with Crippen LogP contribution >= 0.6 is 0 Å². The lowest BCUT2D eigenvalue weighted by atomic mass is 10.1. The number of aliphatic carboxylic acids is 1. The summed E-state index contributed by atoms with van der Waals surface area (Å²) in [6.45, 7) is 2.97.